The number of carbonyl (C=O) groups is 1. The minimum Gasteiger partial charge on any atom is -0.372 e. The fourth-order valence-electron chi connectivity index (χ4n) is 4.27. The summed E-state index contributed by atoms with van der Waals surface area (Å²) in [6.07, 6.45) is 3.66. The molecular weight excluding hydrogens is 418 g/mol. The highest BCUT2D eigenvalue weighted by Crippen LogP contribution is 2.41. The van der Waals surface area contributed by atoms with Crippen LogP contribution < -0.4 is 5.56 Å². The Kier molecular flexibility index (Phi) is 5.06. The van der Waals surface area contributed by atoms with Gasteiger partial charge in [-0.25, -0.2) is 9.36 Å². The van der Waals surface area contributed by atoms with Gasteiger partial charge in [0.2, 0.25) is 5.91 Å². The van der Waals surface area contributed by atoms with Crippen molar-refractivity contribution < 1.29 is 9.53 Å². The molecule has 2 aliphatic rings. The Hall–Kier alpha value is -2.71. The summed E-state index contributed by atoms with van der Waals surface area (Å²) in [7, 11) is 0. The Bertz CT molecular complexity index is 1210. The van der Waals surface area contributed by atoms with E-state index in [1.165, 1.54) is 4.68 Å². The lowest BCUT2D eigenvalue weighted by Crippen LogP contribution is -2.49. The molecule has 5 rings (SSSR count). The van der Waals surface area contributed by atoms with E-state index in [1.807, 2.05) is 26.0 Å². The van der Waals surface area contributed by atoms with E-state index in [1.54, 1.807) is 27.9 Å². The maximum atomic E-state index is 13.4. The molecule has 0 radical (unpaired) electrons. The molecule has 0 spiro atoms. The van der Waals surface area contributed by atoms with Gasteiger partial charge in [0.1, 0.15) is 12.1 Å². The molecule has 3 aromatic rings. The normalized spacial score (nSPS) is 21.6. The maximum Gasteiger partial charge on any atom is 0.293 e. The van der Waals surface area contributed by atoms with Gasteiger partial charge in [0, 0.05) is 29.4 Å². The molecule has 2 atom stereocenters. The smallest absolute Gasteiger partial charge is 0.293 e. The molecule has 1 amide bonds. The van der Waals surface area contributed by atoms with Gasteiger partial charge in [-0.3, -0.25) is 9.59 Å². The van der Waals surface area contributed by atoms with Crippen LogP contribution in [0.15, 0.2) is 35.3 Å². The fourth-order valence-corrected chi connectivity index (χ4v) is 4.46. The van der Waals surface area contributed by atoms with Crippen molar-refractivity contribution in [3.05, 3.63) is 51.5 Å². The summed E-state index contributed by atoms with van der Waals surface area (Å²) in [6, 6.07) is 7.20. The van der Waals surface area contributed by atoms with Crippen molar-refractivity contribution in [1.29, 1.82) is 0 Å². The Balaban J connectivity index is 1.57. The minimum absolute atomic E-state index is 0.0360. The first-order valence-corrected chi connectivity index (χ1v) is 11.0. The SMILES string of the molecule is C[C@@H]1CN(C(=O)Cn2nc(C3CC3)c3cnn(-c4cccc(Cl)c4)c3c2=O)C[C@@H](C)O1. The number of nitrogens with zero attached hydrogens (tertiary/aromatic N) is 5. The van der Waals surface area contributed by atoms with Gasteiger partial charge in [-0.05, 0) is 44.9 Å². The van der Waals surface area contributed by atoms with Crippen molar-refractivity contribution >= 4 is 28.4 Å². The quantitative estimate of drug-likeness (QED) is 0.621. The number of hydrogen-bond donors (Lipinski definition) is 0. The average molecular weight is 442 g/mol. The number of amides is 1. The lowest BCUT2D eigenvalue weighted by atomic mass is 10.2. The van der Waals surface area contributed by atoms with E-state index in [0.29, 0.717) is 35.2 Å². The Morgan fingerprint density at radius 1 is 1.23 bits per heavy atom. The molecule has 162 valence electrons. The van der Waals surface area contributed by atoms with E-state index in [0.717, 1.165) is 23.9 Å². The van der Waals surface area contributed by atoms with Gasteiger partial charge in [-0.1, -0.05) is 17.7 Å². The summed E-state index contributed by atoms with van der Waals surface area (Å²) in [5, 5.41) is 10.4. The fraction of sp³-hybridized carbons (Fsp3) is 0.455. The van der Waals surface area contributed by atoms with Crippen LogP contribution in [0.2, 0.25) is 5.02 Å². The van der Waals surface area contributed by atoms with Crippen LogP contribution in [0.25, 0.3) is 16.6 Å². The molecule has 0 unspecified atom stereocenters. The average Bonchev–Trinajstić information content (AvgIpc) is 3.47. The number of ether oxygens (including phenoxy) is 1. The second-order valence-electron chi connectivity index (χ2n) is 8.48. The Morgan fingerprint density at radius 2 is 1.97 bits per heavy atom. The summed E-state index contributed by atoms with van der Waals surface area (Å²) in [6.45, 7) is 4.81. The second kappa shape index (κ2) is 7.76. The van der Waals surface area contributed by atoms with Gasteiger partial charge >= 0.3 is 0 Å². The monoisotopic (exact) mass is 441 g/mol. The van der Waals surface area contributed by atoms with Gasteiger partial charge in [-0.2, -0.15) is 10.2 Å². The molecule has 31 heavy (non-hydrogen) atoms. The summed E-state index contributed by atoms with van der Waals surface area (Å²) >= 11 is 6.16. The number of aromatic nitrogens is 4. The summed E-state index contributed by atoms with van der Waals surface area (Å²) in [4.78, 5) is 28.2. The van der Waals surface area contributed by atoms with Crippen molar-refractivity contribution in [3.8, 4) is 5.69 Å². The number of halogens is 1. The summed E-state index contributed by atoms with van der Waals surface area (Å²) < 4.78 is 8.61. The Morgan fingerprint density at radius 3 is 2.65 bits per heavy atom. The molecule has 0 bridgehead atoms. The predicted octanol–water partition coefficient (Wildman–Crippen LogP) is 2.75. The zero-order valence-corrected chi connectivity index (χ0v) is 18.2. The molecular formula is C22H24ClN5O3. The van der Waals surface area contributed by atoms with E-state index in [4.69, 9.17) is 16.3 Å². The van der Waals surface area contributed by atoms with Gasteiger partial charge in [0.05, 0.1) is 29.8 Å². The molecule has 0 N–H and O–H groups in total. The molecule has 1 aromatic carbocycles. The Labute approximate surface area is 184 Å². The summed E-state index contributed by atoms with van der Waals surface area (Å²) in [5.74, 6) is 0.163. The van der Waals surface area contributed by atoms with Gasteiger partial charge in [0.15, 0.2) is 0 Å². The van der Waals surface area contributed by atoms with E-state index < -0.39 is 0 Å². The molecule has 9 heteroatoms. The van der Waals surface area contributed by atoms with Gasteiger partial charge in [-0.15, -0.1) is 0 Å². The number of hydrogen-bond acceptors (Lipinski definition) is 5. The first-order chi connectivity index (χ1) is 14.9. The van der Waals surface area contributed by atoms with Crippen LogP contribution in [-0.4, -0.2) is 55.7 Å². The molecule has 8 nitrogen and oxygen atoms in total. The van der Waals surface area contributed by atoms with Crippen LogP contribution in [0, 0.1) is 0 Å². The summed E-state index contributed by atoms with van der Waals surface area (Å²) in [5.41, 5.74) is 1.62. The van der Waals surface area contributed by atoms with Crippen molar-refractivity contribution in [2.45, 2.75) is 51.4 Å². The number of benzene rings is 1. The number of carbonyl (C=O) groups excluding carboxylic acids is 1. The standard InChI is InChI=1S/C22H24ClN5O3/c1-13-10-26(11-14(2)31-13)19(29)12-27-22(30)21-18(20(25-27)15-6-7-15)9-24-28(21)17-5-3-4-16(23)8-17/h3-5,8-9,13-15H,6-7,10-12H2,1-2H3/t13-,14-/m1/s1. The first-order valence-electron chi connectivity index (χ1n) is 10.6. The number of fused-ring (bicyclic) bond motifs is 1. The third kappa shape index (κ3) is 3.85. The van der Waals surface area contributed by atoms with Crippen LogP contribution in [0.5, 0.6) is 0 Å². The van der Waals surface area contributed by atoms with E-state index in [9.17, 15) is 9.59 Å². The molecule has 1 aliphatic carbocycles. The van der Waals surface area contributed by atoms with E-state index in [2.05, 4.69) is 10.2 Å². The van der Waals surface area contributed by atoms with Gasteiger partial charge < -0.3 is 9.64 Å². The highest BCUT2D eigenvalue weighted by Gasteiger charge is 2.31. The largest absolute Gasteiger partial charge is 0.372 e. The topological polar surface area (TPSA) is 82.3 Å². The lowest BCUT2D eigenvalue weighted by molar-refractivity contribution is -0.144. The van der Waals surface area contributed by atoms with E-state index >= 15 is 0 Å². The lowest BCUT2D eigenvalue weighted by Gasteiger charge is -2.35. The molecule has 2 fully saturated rings. The van der Waals surface area contributed by atoms with Crippen molar-refractivity contribution in [3.63, 3.8) is 0 Å². The second-order valence-corrected chi connectivity index (χ2v) is 8.91. The zero-order valence-electron chi connectivity index (χ0n) is 17.5. The first kappa shape index (κ1) is 20.2. The maximum absolute atomic E-state index is 13.4. The molecule has 1 aliphatic heterocycles. The number of morpholine rings is 1. The van der Waals surface area contributed by atoms with Crippen molar-refractivity contribution in [2.75, 3.05) is 13.1 Å². The highest BCUT2D eigenvalue weighted by atomic mass is 35.5. The van der Waals surface area contributed by atoms with Crippen molar-refractivity contribution in [2.24, 2.45) is 0 Å². The minimum atomic E-state index is -0.334. The van der Waals surface area contributed by atoms with E-state index in [-0.39, 0.29) is 30.2 Å². The van der Waals surface area contributed by atoms with Crippen LogP contribution >= 0.6 is 11.6 Å². The van der Waals surface area contributed by atoms with Gasteiger partial charge in [0.25, 0.3) is 5.56 Å². The number of rotatable bonds is 4. The van der Waals surface area contributed by atoms with Crippen molar-refractivity contribution in [1.82, 2.24) is 24.5 Å². The molecule has 1 saturated carbocycles. The highest BCUT2D eigenvalue weighted by molar-refractivity contribution is 6.30. The molecule has 1 saturated heterocycles. The van der Waals surface area contributed by atoms with Crippen LogP contribution in [-0.2, 0) is 16.1 Å². The molecule has 3 heterocycles. The zero-order chi connectivity index (χ0) is 21.7. The van der Waals surface area contributed by atoms with Crippen LogP contribution in [0.3, 0.4) is 0 Å². The third-order valence-corrected chi connectivity index (χ3v) is 6.02. The predicted molar refractivity (Wildman–Crippen MR) is 117 cm³/mol. The third-order valence-electron chi connectivity index (χ3n) is 5.78. The molecule has 2 aromatic heterocycles. The van der Waals surface area contributed by atoms with Crippen LogP contribution in [0.1, 0.15) is 38.3 Å². The van der Waals surface area contributed by atoms with Crippen LogP contribution in [0.4, 0.5) is 0 Å².